The van der Waals surface area contributed by atoms with Gasteiger partial charge in [0.2, 0.25) is 0 Å². The number of rotatable bonds is 5. The highest BCUT2D eigenvalue weighted by Gasteiger charge is 2.17. The summed E-state index contributed by atoms with van der Waals surface area (Å²) in [6, 6.07) is 11.9. The molecule has 0 saturated carbocycles. The monoisotopic (exact) mass is 372 g/mol. The third-order valence-corrected chi connectivity index (χ3v) is 4.61. The number of carbonyl (C=O) groups excluding carboxylic acids is 2. The van der Waals surface area contributed by atoms with Gasteiger partial charge in [-0.25, -0.2) is 0 Å². The molecule has 2 aromatic rings. The van der Waals surface area contributed by atoms with Gasteiger partial charge >= 0.3 is 0 Å². The molecule has 6 heteroatoms. The maximum atomic E-state index is 12.4. The minimum atomic E-state index is -0.248. The number of carbonyl (C=O) groups is 2. The second-order valence-electron chi connectivity index (χ2n) is 6.34. The van der Waals surface area contributed by atoms with Gasteiger partial charge in [0.05, 0.1) is 6.10 Å². The number of aryl methyl sites for hydroxylation is 1. The second-order valence-corrected chi connectivity index (χ2v) is 6.77. The third-order valence-electron chi connectivity index (χ3n) is 4.37. The van der Waals surface area contributed by atoms with Crippen molar-refractivity contribution < 1.29 is 14.3 Å². The lowest BCUT2D eigenvalue weighted by Crippen LogP contribution is -2.31. The quantitative estimate of drug-likeness (QED) is 0.838. The molecular weight excluding hydrogens is 352 g/mol. The van der Waals surface area contributed by atoms with Gasteiger partial charge in [-0.1, -0.05) is 17.7 Å². The lowest BCUT2D eigenvalue weighted by Gasteiger charge is -2.11. The Balaban J connectivity index is 1.60. The van der Waals surface area contributed by atoms with Crippen molar-refractivity contribution in [2.45, 2.75) is 25.9 Å². The number of nitrogens with one attached hydrogen (secondary N) is 2. The Labute approximate surface area is 157 Å². The fourth-order valence-corrected chi connectivity index (χ4v) is 2.98. The zero-order chi connectivity index (χ0) is 18.5. The van der Waals surface area contributed by atoms with Gasteiger partial charge < -0.3 is 15.4 Å². The maximum absolute atomic E-state index is 12.4. The number of ether oxygens (including phenoxy) is 1. The molecular formula is C20H21ClN2O3. The maximum Gasteiger partial charge on any atom is 0.255 e. The molecule has 1 saturated heterocycles. The summed E-state index contributed by atoms with van der Waals surface area (Å²) >= 11 is 5.97. The normalized spacial score (nSPS) is 16.3. The molecule has 0 spiro atoms. The zero-order valence-electron chi connectivity index (χ0n) is 14.5. The van der Waals surface area contributed by atoms with Crippen LogP contribution in [0.1, 0.15) is 39.1 Å². The summed E-state index contributed by atoms with van der Waals surface area (Å²) in [5.41, 5.74) is 2.58. The fourth-order valence-electron chi connectivity index (χ4n) is 2.81. The molecule has 0 bridgehead atoms. The van der Waals surface area contributed by atoms with Crippen molar-refractivity contribution in [3.8, 4) is 0 Å². The first-order chi connectivity index (χ1) is 12.5. The van der Waals surface area contributed by atoms with Gasteiger partial charge in [-0.2, -0.15) is 0 Å². The van der Waals surface area contributed by atoms with Crippen molar-refractivity contribution in [2.75, 3.05) is 18.5 Å². The topological polar surface area (TPSA) is 67.4 Å². The molecule has 2 N–H and O–H groups in total. The predicted molar refractivity (Wildman–Crippen MR) is 102 cm³/mol. The van der Waals surface area contributed by atoms with E-state index < -0.39 is 0 Å². The van der Waals surface area contributed by atoms with Crippen LogP contribution in [0.4, 0.5) is 5.69 Å². The predicted octanol–water partition coefficient (Wildman–Crippen LogP) is 3.81. The minimum Gasteiger partial charge on any atom is -0.376 e. The lowest BCUT2D eigenvalue weighted by atomic mass is 10.1. The number of hydrogen-bond donors (Lipinski definition) is 2. The van der Waals surface area contributed by atoms with Gasteiger partial charge in [0, 0.05) is 35.0 Å². The molecule has 0 aliphatic carbocycles. The van der Waals surface area contributed by atoms with Crippen LogP contribution in [0.2, 0.25) is 5.02 Å². The SMILES string of the molecule is Cc1ccc(Cl)cc1NC(=O)c1ccc(C(=O)NCC2CCCO2)cc1. The molecule has 1 unspecified atom stereocenters. The van der Waals surface area contributed by atoms with Crippen LogP contribution in [0.3, 0.4) is 0 Å². The van der Waals surface area contributed by atoms with Crippen LogP contribution in [0.5, 0.6) is 0 Å². The Kier molecular flexibility index (Phi) is 5.91. The number of halogens is 1. The summed E-state index contributed by atoms with van der Waals surface area (Å²) in [5, 5.41) is 6.26. The second kappa shape index (κ2) is 8.34. The highest BCUT2D eigenvalue weighted by Crippen LogP contribution is 2.21. The molecule has 1 aliphatic rings. The van der Waals surface area contributed by atoms with E-state index in [-0.39, 0.29) is 17.9 Å². The van der Waals surface area contributed by atoms with Crippen molar-refractivity contribution in [1.29, 1.82) is 0 Å². The zero-order valence-corrected chi connectivity index (χ0v) is 15.3. The molecule has 26 heavy (non-hydrogen) atoms. The largest absolute Gasteiger partial charge is 0.376 e. The van der Waals surface area contributed by atoms with Crippen LogP contribution in [-0.4, -0.2) is 31.1 Å². The van der Waals surface area contributed by atoms with Crippen LogP contribution in [0.15, 0.2) is 42.5 Å². The Morgan fingerprint density at radius 3 is 2.46 bits per heavy atom. The molecule has 0 aromatic heterocycles. The Hall–Kier alpha value is -2.37. The lowest BCUT2D eigenvalue weighted by molar-refractivity contribution is 0.0857. The van der Waals surface area contributed by atoms with Crippen LogP contribution in [-0.2, 0) is 4.74 Å². The Morgan fingerprint density at radius 1 is 1.12 bits per heavy atom. The van der Waals surface area contributed by atoms with Crippen LogP contribution in [0.25, 0.3) is 0 Å². The van der Waals surface area contributed by atoms with E-state index in [0.717, 1.165) is 25.0 Å². The molecule has 0 radical (unpaired) electrons. The summed E-state index contributed by atoms with van der Waals surface area (Å²) in [6.07, 6.45) is 2.11. The van der Waals surface area contributed by atoms with E-state index in [4.69, 9.17) is 16.3 Å². The molecule has 136 valence electrons. The van der Waals surface area contributed by atoms with E-state index in [9.17, 15) is 9.59 Å². The van der Waals surface area contributed by atoms with E-state index in [1.165, 1.54) is 0 Å². The molecule has 2 amide bonds. The van der Waals surface area contributed by atoms with Crippen molar-refractivity contribution in [1.82, 2.24) is 5.32 Å². The number of hydrogen-bond acceptors (Lipinski definition) is 3. The highest BCUT2D eigenvalue weighted by molar-refractivity contribution is 6.31. The van der Waals surface area contributed by atoms with Crippen molar-refractivity contribution >= 4 is 29.1 Å². The van der Waals surface area contributed by atoms with Gasteiger partial charge in [-0.3, -0.25) is 9.59 Å². The Bertz CT molecular complexity index is 799. The minimum absolute atomic E-state index is 0.102. The van der Waals surface area contributed by atoms with Gasteiger partial charge in [0.15, 0.2) is 0 Å². The average molecular weight is 373 g/mol. The van der Waals surface area contributed by atoms with Gasteiger partial charge in [0.1, 0.15) is 0 Å². The van der Waals surface area contributed by atoms with Gasteiger partial charge in [-0.15, -0.1) is 0 Å². The van der Waals surface area contributed by atoms with Gasteiger partial charge in [0.25, 0.3) is 11.8 Å². The first kappa shape index (κ1) is 18.4. The van der Waals surface area contributed by atoms with E-state index in [1.807, 2.05) is 13.0 Å². The van der Waals surface area contributed by atoms with Crippen molar-refractivity contribution in [3.63, 3.8) is 0 Å². The summed E-state index contributed by atoms with van der Waals surface area (Å²) in [6.45, 7) is 3.17. The average Bonchev–Trinajstić information content (AvgIpc) is 3.16. The third kappa shape index (κ3) is 4.62. The van der Waals surface area contributed by atoms with Crippen LogP contribution >= 0.6 is 11.6 Å². The summed E-state index contributed by atoms with van der Waals surface area (Å²) in [5.74, 6) is -0.417. The van der Waals surface area contributed by atoms with Gasteiger partial charge in [-0.05, 0) is 61.7 Å². The molecule has 2 aromatic carbocycles. The summed E-state index contributed by atoms with van der Waals surface area (Å²) in [4.78, 5) is 24.6. The Morgan fingerprint density at radius 2 is 1.81 bits per heavy atom. The number of amides is 2. The fraction of sp³-hybridized carbons (Fsp3) is 0.300. The molecule has 1 fully saturated rings. The molecule has 5 nitrogen and oxygen atoms in total. The van der Waals surface area contributed by atoms with Crippen LogP contribution in [0, 0.1) is 6.92 Å². The molecule has 1 heterocycles. The van der Waals surface area contributed by atoms with E-state index in [0.29, 0.717) is 28.4 Å². The van der Waals surface area contributed by atoms with E-state index in [2.05, 4.69) is 10.6 Å². The van der Waals surface area contributed by atoms with Crippen molar-refractivity contribution in [3.05, 3.63) is 64.2 Å². The summed E-state index contributed by atoms with van der Waals surface area (Å²) in [7, 11) is 0. The summed E-state index contributed by atoms with van der Waals surface area (Å²) < 4.78 is 5.49. The molecule has 1 atom stereocenters. The molecule has 1 aliphatic heterocycles. The van der Waals surface area contributed by atoms with Crippen molar-refractivity contribution in [2.24, 2.45) is 0 Å². The number of anilines is 1. The van der Waals surface area contributed by atoms with E-state index in [1.54, 1.807) is 36.4 Å². The standard InChI is InChI=1S/C20H21ClN2O3/c1-13-4-9-16(21)11-18(13)23-20(25)15-7-5-14(6-8-15)19(24)22-12-17-3-2-10-26-17/h4-9,11,17H,2-3,10,12H2,1H3,(H,22,24)(H,23,25). The highest BCUT2D eigenvalue weighted by atomic mass is 35.5. The number of benzene rings is 2. The smallest absolute Gasteiger partial charge is 0.255 e. The first-order valence-electron chi connectivity index (χ1n) is 8.60. The van der Waals surface area contributed by atoms with Crippen LogP contribution < -0.4 is 10.6 Å². The van der Waals surface area contributed by atoms with E-state index >= 15 is 0 Å². The molecule has 3 rings (SSSR count). The first-order valence-corrected chi connectivity index (χ1v) is 8.98.